The summed E-state index contributed by atoms with van der Waals surface area (Å²) in [4.78, 5) is 24.4. The summed E-state index contributed by atoms with van der Waals surface area (Å²) in [5.74, 6) is 0.608. The number of nitrogens with one attached hydrogen (secondary N) is 1. The number of furan rings is 1. The monoisotopic (exact) mass is 351 g/mol. The number of Topliss-reactive ketones (excluding diaryl/α,β-unsaturated/α-hetero) is 1. The van der Waals surface area contributed by atoms with Gasteiger partial charge in [0.05, 0.1) is 18.4 Å². The van der Waals surface area contributed by atoms with Gasteiger partial charge in [-0.05, 0) is 31.5 Å². The van der Waals surface area contributed by atoms with Crippen LogP contribution in [0.5, 0.6) is 11.5 Å². The van der Waals surface area contributed by atoms with Gasteiger partial charge in [-0.1, -0.05) is 12.1 Å². The van der Waals surface area contributed by atoms with Crippen molar-refractivity contribution < 1.29 is 23.5 Å². The Morgan fingerprint density at radius 2 is 1.88 bits per heavy atom. The number of ketones is 1. The summed E-state index contributed by atoms with van der Waals surface area (Å²) in [6.45, 7) is 3.53. The van der Waals surface area contributed by atoms with E-state index in [2.05, 4.69) is 5.32 Å². The first kappa shape index (κ1) is 16.2. The number of carbonyl (C=O) groups excluding carboxylic acids is 2. The van der Waals surface area contributed by atoms with Crippen LogP contribution in [0.2, 0.25) is 0 Å². The highest BCUT2D eigenvalue weighted by molar-refractivity contribution is 6.05. The first-order chi connectivity index (χ1) is 12.5. The highest BCUT2D eigenvalue weighted by atomic mass is 16.7. The second kappa shape index (κ2) is 6.22. The van der Waals surface area contributed by atoms with Gasteiger partial charge in [-0.15, -0.1) is 0 Å². The van der Waals surface area contributed by atoms with Gasteiger partial charge in [-0.3, -0.25) is 9.59 Å². The predicted octanol–water partition coefficient (Wildman–Crippen LogP) is 3.85. The quantitative estimate of drug-likeness (QED) is 0.722. The van der Waals surface area contributed by atoms with Crippen molar-refractivity contribution in [3.63, 3.8) is 0 Å². The molecule has 1 amide bonds. The molecule has 1 aromatic heterocycles. The molecule has 0 atom stereocenters. The number of rotatable bonds is 4. The molecule has 1 aliphatic heterocycles. The first-order valence-electron chi connectivity index (χ1n) is 8.22. The fraction of sp³-hybridized carbons (Fsp3) is 0.200. The van der Waals surface area contributed by atoms with Gasteiger partial charge in [0.25, 0.3) is 0 Å². The van der Waals surface area contributed by atoms with Crippen molar-refractivity contribution in [3.8, 4) is 11.5 Å². The Bertz CT molecular complexity index is 1030. The lowest BCUT2D eigenvalue weighted by molar-refractivity contribution is -0.115. The smallest absolute Gasteiger partial charge is 0.231 e. The third-order valence-corrected chi connectivity index (χ3v) is 4.33. The average molecular weight is 351 g/mol. The molecule has 0 aliphatic carbocycles. The van der Waals surface area contributed by atoms with Crippen molar-refractivity contribution in [2.75, 3.05) is 12.1 Å². The molecule has 1 N–H and O–H groups in total. The summed E-state index contributed by atoms with van der Waals surface area (Å²) in [5.41, 5.74) is 3.43. The van der Waals surface area contributed by atoms with Crippen LogP contribution in [-0.2, 0) is 11.2 Å². The van der Waals surface area contributed by atoms with Crippen molar-refractivity contribution >= 4 is 28.3 Å². The van der Waals surface area contributed by atoms with E-state index in [0.717, 1.165) is 22.1 Å². The third kappa shape index (κ3) is 2.90. The van der Waals surface area contributed by atoms with E-state index in [9.17, 15) is 9.59 Å². The molecule has 0 saturated carbocycles. The number of aryl methyl sites for hydroxylation is 1. The molecule has 1 aliphatic rings. The van der Waals surface area contributed by atoms with E-state index in [1.54, 1.807) is 18.4 Å². The van der Waals surface area contributed by atoms with Crippen molar-refractivity contribution in [1.82, 2.24) is 0 Å². The maximum absolute atomic E-state index is 12.5. The maximum atomic E-state index is 12.5. The van der Waals surface area contributed by atoms with E-state index in [-0.39, 0.29) is 24.9 Å². The lowest BCUT2D eigenvalue weighted by atomic mass is 10.1. The molecule has 26 heavy (non-hydrogen) atoms. The van der Waals surface area contributed by atoms with Crippen LogP contribution in [0.3, 0.4) is 0 Å². The molecule has 6 nitrogen and oxygen atoms in total. The van der Waals surface area contributed by atoms with Gasteiger partial charge in [0, 0.05) is 22.6 Å². The summed E-state index contributed by atoms with van der Waals surface area (Å²) in [6, 6.07) is 9.07. The largest absolute Gasteiger partial charge is 0.464 e. The highest BCUT2D eigenvalue weighted by Gasteiger charge is 2.21. The van der Waals surface area contributed by atoms with Crippen LogP contribution in [0.1, 0.15) is 28.4 Å². The summed E-state index contributed by atoms with van der Waals surface area (Å²) in [6.07, 6.45) is 1.73. The first-order valence-corrected chi connectivity index (χ1v) is 8.22. The predicted molar refractivity (Wildman–Crippen MR) is 95.9 cm³/mol. The molecular weight excluding hydrogens is 334 g/mol. The Kier molecular flexibility index (Phi) is 3.88. The Morgan fingerprint density at radius 1 is 1.12 bits per heavy atom. The molecule has 0 saturated heterocycles. The van der Waals surface area contributed by atoms with Gasteiger partial charge in [0.1, 0.15) is 5.58 Å². The molecule has 132 valence electrons. The van der Waals surface area contributed by atoms with Crippen LogP contribution in [0.25, 0.3) is 11.0 Å². The Hall–Kier alpha value is -3.28. The van der Waals surface area contributed by atoms with Gasteiger partial charge < -0.3 is 19.2 Å². The lowest BCUT2D eigenvalue weighted by Gasteiger charge is -2.10. The minimum Gasteiger partial charge on any atom is -0.464 e. The van der Waals surface area contributed by atoms with Gasteiger partial charge in [0.15, 0.2) is 17.3 Å². The van der Waals surface area contributed by atoms with E-state index in [1.165, 1.54) is 6.92 Å². The number of anilines is 1. The summed E-state index contributed by atoms with van der Waals surface area (Å²) < 4.78 is 16.2. The minimum atomic E-state index is -0.241. The fourth-order valence-electron chi connectivity index (χ4n) is 3.03. The van der Waals surface area contributed by atoms with Gasteiger partial charge in [0.2, 0.25) is 12.7 Å². The number of ether oxygens (including phenoxy) is 2. The Morgan fingerprint density at radius 3 is 2.65 bits per heavy atom. The minimum absolute atomic E-state index is 0.102. The van der Waals surface area contributed by atoms with E-state index in [1.807, 2.05) is 25.1 Å². The van der Waals surface area contributed by atoms with Gasteiger partial charge in [-0.25, -0.2) is 0 Å². The average Bonchev–Trinajstić information content (AvgIpc) is 3.20. The van der Waals surface area contributed by atoms with Crippen molar-refractivity contribution in [1.29, 1.82) is 0 Å². The fourth-order valence-corrected chi connectivity index (χ4v) is 3.03. The molecule has 2 heterocycles. The lowest BCUT2D eigenvalue weighted by Crippen LogP contribution is -2.16. The molecule has 0 radical (unpaired) electrons. The standard InChI is InChI=1S/C20H17NO5/c1-11-3-4-14-13(9-24-17(14)5-11)6-20(23)21-16-8-19-18(25-10-26-19)7-15(16)12(2)22/h3-5,7-9H,6,10H2,1-2H3,(H,21,23). The number of carbonyl (C=O) groups is 2. The maximum Gasteiger partial charge on any atom is 0.231 e. The topological polar surface area (TPSA) is 77.8 Å². The van der Waals surface area contributed by atoms with Crippen molar-refractivity contribution in [3.05, 3.63) is 53.3 Å². The van der Waals surface area contributed by atoms with Crippen LogP contribution >= 0.6 is 0 Å². The molecule has 2 aromatic carbocycles. The van der Waals surface area contributed by atoms with E-state index >= 15 is 0 Å². The molecule has 0 bridgehead atoms. The van der Waals surface area contributed by atoms with E-state index < -0.39 is 0 Å². The van der Waals surface area contributed by atoms with Crippen molar-refractivity contribution in [2.45, 2.75) is 20.3 Å². The molecule has 3 aromatic rings. The highest BCUT2D eigenvalue weighted by Crippen LogP contribution is 2.37. The Labute approximate surface area is 149 Å². The number of benzene rings is 2. The van der Waals surface area contributed by atoms with Crippen LogP contribution < -0.4 is 14.8 Å². The number of hydrogen-bond donors (Lipinski definition) is 1. The van der Waals surface area contributed by atoms with Crippen LogP contribution in [0.15, 0.2) is 41.0 Å². The summed E-state index contributed by atoms with van der Waals surface area (Å²) in [5, 5.41) is 3.70. The summed E-state index contributed by atoms with van der Waals surface area (Å²) >= 11 is 0. The molecule has 0 unspecified atom stereocenters. The van der Waals surface area contributed by atoms with Crippen LogP contribution in [-0.4, -0.2) is 18.5 Å². The zero-order valence-corrected chi connectivity index (χ0v) is 14.4. The van der Waals surface area contributed by atoms with Gasteiger partial charge >= 0.3 is 0 Å². The molecule has 6 heteroatoms. The van der Waals surface area contributed by atoms with Gasteiger partial charge in [-0.2, -0.15) is 0 Å². The number of hydrogen-bond acceptors (Lipinski definition) is 5. The molecular formula is C20H17NO5. The molecule has 0 fully saturated rings. The summed E-state index contributed by atoms with van der Waals surface area (Å²) in [7, 11) is 0. The zero-order chi connectivity index (χ0) is 18.3. The molecule has 4 rings (SSSR count). The SMILES string of the molecule is CC(=O)c1cc2c(cc1NC(=O)Cc1coc3cc(C)ccc13)OCO2. The zero-order valence-electron chi connectivity index (χ0n) is 14.4. The van der Waals surface area contributed by atoms with E-state index in [4.69, 9.17) is 13.9 Å². The van der Waals surface area contributed by atoms with Crippen LogP contribution in [0, 0.1) is 6.92 Å². The second-order valence-corrected chi connectivity index (χ2v) is 6.29. The Balaban J connectivity index is 1.59. The van der Waals surface area contributed by atoms with Crippen molar-refractivity contribution in [2.24, 2.45) is 0 Å². The van der Waals surface area contributed by atoms with Crippen LogP contribution in [0.4, 0.5) is 5.69 Å². The second-order valence-electron chi connectivity index (χ2n) is 6.29. The molecule has 0 spiro atoms. The number of fused-ring (bicyclic) bond motifs is 2. The third-order valence-electron chi connectivity index (χ3n) is 4.33. The number of amides is 1. The normalized spacial score (nSPS) is 12.4. The van der Waals surface area contributed by atoms with E-state index in [0.29, 0.717) is 22.7 Å².